The Hall–Kier alpha value is -1.84. The normalized spacial score (nSPS) is 16.8. The molecule has 0 radical (unpaired) electrons. The van der Waals surface area contributed by atoms with Crippen LogP contribution in [0.1, 0.15) is 30.4 Å². The number of rotatable bonds is 3. The van der Waals surface area contributed by atoms with Gasteiger partial charge < -0.3 is 10.4 Å². The minimum atomic E-state index is -1.21. The lowest BCUT2D eigenvalue weighted by Crippen LogP contribution is -2.48. The van der Waals surface area contributed by atoms with Crippen molar-refractivity contribution in [1.82, 2.24) is 0 Å². The molecule has 0 atom stereocenters. The number of aryl methyl sites for hydroxylation is 2. The van der Waals surface area contributed by atoms with Crippen molar-refractivity contribution in [3.63, 3.8) is 0 Å². The zero-order valence-electron chi connectivity index (χ0n) is 10.6. The number of amides is 1. The van der Waals surface area contributed by atoms with Crippen molar-refractivity contribution in [3.8, 4) is 0 Å². The third-order valence-electron chi connectivity index (χ3n) is 3.69. The molecule has 1 saturated carbocycles. The molecule has 0 aromatic heterocycles. The first-order valence-corrected chi connectivity index (χ1v) is 6.08. The summed E-state index contributed by atoms with van der Waals surface area (Å²) in [5.41, 5.74) is 1.46. The number of hydrogen-bond acceptors (Lipinski definition) is 2. The number of carboxylic acids is 1. The third kappa shape index (κ3) is 1.98. The quantitative estimate of drug-likeness (QED) is 0.806. The van der Waals surface area contributed by atoms with Crippen LogP contribution < -0.4 is 5.32 Å². The van der Waals surface area contributed by atoms with Crippen LogP contribution in [0.25, 0.3) is 0 Å². The highest BCUT2D eigenvalue weighted by Crippen LogP contribution is 2.42. The van der Waals surface area contributed by atoms with Crippen LogP contribution in [-0.4, -0.2) is 17.0 Å². The molecular weight excluding hydrogens is 230 g/mol. The monoisotopic (exact) mass is 247 g/mol. The van der Waals surface area contributed by atoms with Gasteiger partial charge in [-0.25, -0.2) is 0 Å². The number of carboxylic acid groups (broad SMARTS) is 1. The minimum Gasteiger partial charge on any atom is -0.480 e. The van der Waals surface area contributed by atoms with Gasteiger partial charge in [-0.05, 0) is 43.9 Å². The second kappa shape index (κ2) is 4.44. The number of nitrogens with one attached hydrogen (secondary N) is 1. The van der Waals surface area contributed by atoms with Crippen LogP contribution in [0.2, 0.25) is 0 Å². The van der Waals surface area contributed by atoms with Crippen molar-refractivity contribution in [2.75, 3.05) is 5.32 Å². The average molecular weight is 247 g/mol. The Bertz CT molecular complexity index is 504. The van der Waals surface area contributed by atoms with E-state index in [1.165, 1.54) is 0 Å². The Morgan fingerprint density at radius 3 is 2.44 bits per heavy atom. The summed E-state index contributed by atoms with van der Waals surface area (Å²) < 4.78 is 0. The van der Waals surface area contributed by atoms with Gasteiger partial charge in [0.2, 0.25) is 5.91 Å². The Kier molecular flexibility index (Phi) is 3.11. The summed E-state index contributed by atoms with van der Waals surface area (Å²) in [4.78, 5) is 23.4. The van der Waals surface area contributed by atoms with Gasteiger partial charge in [0.05, 0.1) is 0 Å². The molecule has 2 N–H and O–H groups in total. The Morgan fingerprint density at radius 1 is 1.28 bits per heavy atom. The van der Waals surface area contributed by atoms with Gasteiger partial charge >= 0.3 is 5.97 Å². The van der Waals surface area contributed by atoms with Crippen LogP contribution in [-0.2, 0) is 9.59 Å². The molecule has 1 aliphatic carbocycles. The number of hydrogen-bond donors (Lipinski definition) is 2. The zero-order valence-corrected chi connectivity index (χ0v) is 10.6. The molecular formula is C14H17NO3. The molecule has 18 heavy (non-hydrogen) atoms. The van der Waals surface area contributed by atoms with Gasteiger partial charge in [0, 0.05) is 5.69 Å². The smallest absolute Gasteiger partial charge is 0.319 e. The first-order chi connectivity index (χ1) is 8.45. The summed E-state index contributed by atoms with van der Waals surface area (Å²) in [5.74, 6) is -1.41. The molecule has 1 aliphatic rings. The lowest BCUT2D eigenvalue weighted by molar-refractivity contribution is -0.159. The van der Waals surface area contributed by atoms with E-state index in [1.807, 2.05) is 32.0 Å². The van der Waals surface area contributed by atoms with Crippen molar-refractivity contribution in [1.29, 1.82) is 0 Å². The fourth-order valence-electron chi connectivity index (χ4n) is 2.18. The van der Waals surface area contributed by atoms with Gasteiger partial charge in [-0.1, -0.05) is 18.6 Å². The van der Waals surface area contributed by atoms with Gasteiger partial charge in [-0.2, -0.15) is 0 Å². The summed E-state index contributed by atoms with van der Waals surface area (Å²) in [6.07, 6.45) is 1.66. The predicted octanol–water partition coefficient (Wildman–Crippen LogP) is 2.50. The fourth-order valence-corrected chi connectivity index (χ4v) is 2.18. The molecule has 1 aromatic carbocycles. The maximum atomic E-state index is 12.1. The van der Waals surface area contributed by atoms with Crippen LogP contribution in [0.5, 0.6) is 0 Å². The van der Waals surface area contributed by atoms with Crippen LogP contribution in [0, 0.1) is 19.3 Å². The molecule has 1 aromatic rings. The largest absolute Gasteiger partial charge is 0.480 e. The van der Waals surface area contributed by atoms with E-state index in [2.05, 4.69) is 5.32 Å². The highest BCUT2D eigenvalue weighted by Gasteiger charge is 2.51. The topological polar surface area (TPSA) is 66.4 Å². The minimum absolute atomic E-state index is 0.394. The van der Waals surface area contributed by atoms with Crippen molar-refractivity contribution >= 4 is 17.6 Å². The number of carbonyl (C=O) groups excluding carboxylic acids is 1. The van der Waals surface area contributed by atoms with Crippen molar-refractivity contribution < 1.29 is 14.7 Å². The molecule has 2 rings (SSSR count). The van der Waals surface area contributed by atoms with Gasteiger partial charge in [-0.3, -0.25) is 9.59 Å². The van der Waals surface area contributed by atoms with E-state index in [-0.39, 0.29) is 0 Å². The van der Waals surface area contributed by atoms with Crippen LogP contribution in [0.3, 0.4) is 0 Å². The molecule has 0 aliphatic heterocycles. The van der Waals surface area contributed by atoms with Gasteiger partial charge in [0.15, 0.2) is 0 Å². The predicted molar refractivity (Wildman–Crippen MR) is 68.5 cm³/mol. The molecule has 0 saturated heterocycles. The van der Waals surface area contributed by atoms with Crippen LogP contribution in [0.15, 0.2) is 18.2 Å². The number of benzene rings is 1. The van der Waals surface area contributed by atoms with Gasteiger partial charge in [0.25, 0.3) is 0 Å². The first-order valence-electron chi connectivity index (χ1n) is 6.08. The number of anilines is 1. The van der Waals surface area contributed by atoms with E-state index in [1.54, 1.807) is 0 Å². The van der Waals surface area contributed by atoms with Crippen molar-refractivity contribution in [3.05, 3.63) is 29.3 Å². The highest BCUT2D eigenvalue weighted by molar-refractivity contribution is 6.09. The zero-order chi connectivity index (χ0) is 13.3. The van der Waals surface area contributed by atoms with Crippen LogP contribution >= 0.6 is 0 Å². The third-order valence-corrected chi connectivity index (χ3v) is 3.69. The van der Waals surface area contributed by atoms with Gasteiger partial charge in [0.1, 0.15) is 5.41 Å². The first kappa shape index (κ1) is 12.6. The fraction of sp³-hybridized carbons (Fsp3) is 0.429. The van der Waals surface area contributed by atoms with E-state index in [9.17, 15) is 14.7 Å². The molecule has 4 heteroatoms. The highest BCUT2D eigenvalue weighted by atomic mass is 16.4. The second-order valence-electron chi connectivity index (χ2n) is 5.01. The summed E-state index contributed by atoms with van der Waals surface area (Å²) in [6.45, 7) is 3.83. The maximum Gasteiger partial charge on any atom is 0.319 e. The molecule has 4 nitrogen and oxygen atoms in total. The number of carbonyl (C=O) groups is 2. The molecule has 0 bridgehead atoms. The molecule has 0 unspecified atom stereocenters. The van der Waals surface area contributed by atoms with E-state index < -0.39 is 17.3 Å². The average Bonchev–Trinajstić information content (AvgIpc) is 2.21. The Morgan fingerprint density at radius 2 is 1.94 bits per heavy atom. The van der Waals surface area contributed by atoms with E-state index in [0.717, 1.165) is 17.5 Å². The summed E-state index contributed by atoms with van der Waals surface area (Å²) in [5, 5.41) is 12.0. The van der Waals surface area contributed by atoms with Crippen LogP contribution in [0.4, 0.5) is 5.69 Å². The van der Waals surface area contributed by atoms with Crippen molar-refractivity contribution in [2.24, 2.45) is 5.41 Å². The molecule has 0 heterocycles. The maximum absolute atomic E-state index is 12.1. The number of aliphatic carboxylic acids is 1. The summed E-state index contributed by atoms with van der Waals surface area (Å²) >= 11 is 0. The molecule has 0 spiro atoms. The Labute approximate surface area is 106 Å². The molecule has 96 valence electrons. The Balaban J connectivity index is 2.21. The van der Waals surface area contributed by atoms with E-state index >= 15 is 0 Å². The van der Waals surface area contributed by atoms with Crippen molar-refractivity contribution in [2.45, 2.75) is 33.1 Å². The lowest BCUT2D eigenvalue weighted by atomic mass is 9.68. The lowest BCUT2D eigenvalue weighted by Gasteiger charge is -2.35. The molecule has 1 fully saturated rings. The van der Waals surface area contributed by atoms with E-state index in [4.69, 9.17) is 0 Å². The SMILES string of the molecule is Cc1ccc(C)c(NC(=O)C2(C(=O)O)CCC2)c1. The standard InChI is InChI=1S/C14H17NO3/c1-9-4-5-10(2)11(8-9)15-12(16)14(13(17)18)6-3-7-14/h4-5,8H,3,6-7H2,1-2H3,(H,15,16)(H,17,18). The summed E-state index contributed by atoms with van der Waals surface area (Å²) in [7, 11) is 0. The van der Waals surface area contributed by atoms with E-state index in [0.29, 0.717) is 18.5 Å². The second-order valence-corrected chi connectivity index (χ2v) is 5.01. The molecule has 1 amide bonds. The summed E-state index contributed by atoms with van der Waals surface area (Å²) in [6, 6.07) is 5.74. The van der Waals surface area contributed by atoms with Gasteiger partial charge in [-0.15, -0.1) is 0 Å².